The predicted octanol–water partition coefficient (Wildman–Crippen LogP) is 1.12. The molecular formula is C14H22N2O3. The number of piperazine rings is 1. The van der Waals surface area contributed by atoms with Gasteiger partial charge in [0.1, 0.15) is 0 Å². The van der Waals surface area contributed by atoms with E-state index in [2.05, 4.69) is 4.90 Å². The van der Waals surface area contributed by atoms with E-state index in [1.807, 2.05) is 11.8 Å². The van der Waals surface area contributed by atoms with Gasteiger partial charge in [0.15, 0.2) is 5.76 Å². The molecule has 0 aromatic carbocycles. The van der Waals surface area contributed by atoms with Crippen LogP contribution in [0.5, 0.6) is 0 Å². The number of β-amino-alcohol motifs (C(OH)–C–C–N with tert-alkyl or cyclic N) is 1. The lowest BCUT2D eigenvalue weighted by Gasteiger charge is -2.37. The van der Waals surface area contributed by atoms with E-state index < -0.39 is 5.60 Å². The molecule has 0 atom stereocenters. The third kappa shape index (κ3) is 3.58. The lowest BCUT2D eigenvalue weighted by atomic mass is 10.1. The number of aliphatic hydroxyl groups is 1. The van der Waals surface area contributed by atoms with Crippen molar-refractivity contribution in [2.24, 2.45) is 0 Å². The normalized spacial score (nSPS) is 17.8. The van der Waals surface area contributed by atoms with Gasteiger partial charge in [0.25, 0.3) is 5.91 Å². The first-order valence-electron chi connectivity index (χ1n) is 6.65. The number of rotatable bonds is 3. The standard InChI is InChI=1S/C14H22N2O3/c1-11-4-9-19-12(11)13(17)16-7-5-15(6-8-16)10-14(2,3)18/h4,9,18H,5-8,10H2,1-3H3. The number of furan rings is 1. The van der Waals surface area contributed by atoms with E-state index in [0.29, 0.717) is 25.4 Å². The van der Waals surface area contributed by atoms with E-state index in [-0.39, 0.29) is 5.91 Å². The van der Waals surface area contributed by atoms with Crippen LogP contribution in [-0.4, -0.2) is 59.1 Å². The second-order valence-electron chi connectivity index (χ2n) is 5.81. The van der Waals surface area contributed by atoms with E-state index in [1.54, 1.807) is 26.2 Å². The van der Waals surface area contributed by atoms with E-state index in [1.165, 1.54) is 0 Å². The van der Waals surface area contributed by atoms with Gasteiger partial charge in [-0.3, -0.25) is 9.69 Å². The van der Waals surface area contributed by atoms with Crippen LogP contribution >= 0.6 is 0 Å². The molecule has 1 amide bonds. The van der Waals surface area contributed by atoms with Crippen LogP contribution in [0.4, 0.5) is 0 Å². The van der Waals surface area contributed by atoms with Crippen LogP contribution in [0, 0.1) is 6.92 Å². The number of aryl methyl sites for hydroxylation is 1. The summed E-state index contributed by atoms with van der Waals surface area (Å²) in [6.45, 7) is 9.04. The molecule has 5 heteroatoms. The number of hydrogen-bond acceptors (Lipinski definition) is 4. The highest BCUT2D eigenvalue weighted by Crippen LogP contribution is 2.15. The Morgan fingerprint density at radius 1 is 1.37 bits per heavy atom. The summed E-state index contributed by atoms with van der Waals surface area (Å²) in [6, 6.07) is 1.80. The highest BCUT2D eigenvalue weighted by molar-refractivity contribution is 5.92. The molecule has 1 aromatic heterocycles. The molecule has 0 bridgehead atoms. The van der Waals surface area contributed by atoms with Crippen molar-refractivity contribution in [3.8, 4) is 0 Å². The first-order valence-corrected chi connectivity index (χ1v) is 6.65. The minimum atomic E-state index is -0.691. The highest BCUT2D eigenvalue weighted by atomic mass is 16.3. The maximum atomic E-state index is 12.2. The molecule has 2 heterocycles. The summed E-state index contributed by atoms with van der Waals surface area (Å²) in [5, 5.41) is 9.79. The Labute approximate surface area is 113 Å². The summed E-state index contributed by atoms with van der Waals surface area (Å²) in [7, 11) is 0. The van der Waals surface area contributed by atoms with Gasteiger partial charge in [-0.2, -0.15) is 0 Å². The Morgan fingerprint density at radius 2 is 2.00 bits per heavy atom. The summed E-state index contributed by atoms with van der Waals surface area (Å²) >= 11 is 0. The van der Waals surface area contributed by atoms with Crippen LogP contribution in [0.25, 0.3) is 0 Å². The first-order chi connectivity index (χ1) is 8.87. The molecule has 19 heavy (non-hydrogen) atoms. The molecule has 0 radical (unpaired) electrons. The number of carbonyl (C=O) groups is 1. The Bertz CT molecular complexity index is 440. The predicted molar refractivity (Wildman–Crippen MR) is 72.1 cm³/mol. The molecule has 0 spiro atoms. The zero-order valence-corrected chi connectivity index (χ0v) is 11.8. The zero-order chi connectivity index (χ0) is 14.0. The number of hydrogen-bond donors (Lipinski definition) is 1. The lowest BCUT2D eigenvalue weighted by Crippen LogP contribution is -2.52. The Morgan fingerprint density at radius 3 is 2.47 bits per heavy atom. The third-order valence-electron chi connectivity index (χ3n) is 3.33. The smallest absolute Gasteiger partial charge is 0.289 e. The van der Waals surface area contributed by atoms with Crippen LogP contribution in [-0.2, 0) is 0 Å². The molecule has 1 aliphatic heterocycles. The maximum Gasteiger partial charge on any atom is 0.289 e. The Balaban J connectivity index is 1.90. The van der Waals surface area contributed by atoms with Gasteiger partial charge in [-0.15, -0.1) is 0 Å². The van der Waals surface area contributed by atoms with Gasteiger partial charge in [0.2, 0.25) is 0 Å². The van der Waals surface area contributed by atoms with Gasteiger partial charge in [0, 0.05) is 38.3 Å². The lowest BCUT2D eigenvalue weighted by molar-refractivity contribution is 0.0171. The fraction of sp³-hybridized carbons (Fsp3) is 0.643. The molecule has 1 saturated heterocycles. The summed E-state index contributed by atoms with van der Waals surface area (Å²) in [5.74, 6) is 0.404. The van der Waals surface area contributed by atoms with E-state index in [9.17, 15) is 9.90 Å². The second kappa shape index (κ2) is 5.35. The van der Waals surface area contributed by atoms with Crippen molar-refractivity contribution in [1.82, 2.24) is 9.80 Å². The van der Waals surface area contributed by atoms with Crippen molar-refractivity contribution in [1.29, 1.82) is 0 Å². The van der Waals surface area contributed by atoms with E-state index in [0.717, 1.165) is 18.7 Å². The third-order valence-corrected chi connectivity index (χ3v) is 3.33. The van der Waals surface area contributed by atoms with Crippen LogP contribution in [0.15, 0.2) is 16.7 Å². The number of carbonyl (C=O) groups excluding carboxylic acids is 1. The van der Waals surface area contributed by atoms with Gasteiger partial charge in [-0.1, -0.05) is 0 Å². The monoisotopic (exact) mass is 266 g/mol. The molecule has 0 saturated carbocycles. The quantitative estimate of drug-likeness (QED) is 0.890. The highest BCUT2D eigenvalue weighted by Gasteiger charge is 2.27. The SMILES string of the molecule is Cc1ccoc1C(=O)N1CCN(CC(C)(C)O)CC1. The topological polar surface area (TPSA) is 56.9 Å². The summed E-state index contributed by atoms with van der Waals surface area (Å²) < 4.78 is 5.24. The Kier molecular flexibility index (Phi) is 3.96. The molecular weight excluding hydrogens is 244 g/mol. The largest absolute Gasteiger partial charge is 0.459 e. The van der Waals surface area contributed by atoms with Crippen molar-refractivity contribution in [2.75, 3.05) is 32.7 Å². The molecule has 1 N–H and O–H groups in total. The zero-order valence-electron chi connectivity index (χ0n) is 11.8. The summed E-state index contributed by atoms with van der Waals surface area (Å²) in [5.41, 5.74) is 0.188. The molecule has 1 aliphatic rings. The van der Waals surface area contributed by atoms with Crippen LogP contribution in [0.3, 0.4) is 0 Å². The van der Waals surface area contributed by atoms with E-state index >= 15 is 0 Å². The summed E-state index contributed by atoms with van der Waals surface area (Å²) in [4.78, 5) is 16.2. The van der Waals surface area contributed by atoms with Crippen LogP contribution < -0.4 is 0 Å². The number of nitrogens with zero attached hydrogens (tertiary/aromatic N) is 2. The minimum Gasteiger partial charge on any atom is -0.459 e. The molecule has 106 valence electrons. The van der Waals surface area contributed by atoms with Gasteiger partial charge in [-0.05, 0) is 26.8 Å². The van der Waals surface area contributed by atoms with Gasteiger partial charge < -0.3 is 14.4 Å². The average Bonchev–Trinajstić information content (AvgIpc) is 2.73. The van der Waals surface area contributed by atoms with Crippen LogP contribution in [0.1, 0.15) is 30.0 Å². The maximum absolute atomic E-state index is 12.2. The van der Waals surface area contributed by atoms with Crippen molar-refractivity contribution in [3.05, 3.63) is 23.7 Å². The molecule has 0 unspecified atom stereocenters. The van der Waals surface area contributed by atoms with Crippen LogP contribution in [0.2, 0.25) is 0 Å². The molecule has 2 rings (SSSR count). The Hall–Kier alpha value is -1.33. The minimum absolute atomic E-state index is 0.0367. The van der Waals surface area contributed by atoms with Crippen molar-refractivity contribution >= 4 is 5.91 Å². The van der Waals surface area contributed by atoms with Crippen molar-refractivity contribution in [3.63, 3.8) is 0 Å². The van der Waals surface area contributed by atoms with Gasteiger partial charge in [0.05, 0.1) is 11.9 Å². The molecule has 0 aliphatic carbocycles. The average molecular weight is 266 g/mol. The van der Waals surface area contributed by atoms with Gasteiger partial charge in [-0.25, -0.2) is 0 Å². The second-order valence-corrected chi connectivity index (χ2v) is 5.81. The summed E-state index contributed by atoms with van der Waals surface area (Å²) in [6.07, 6.45) is 1.55. The first kappa shape index (κ1) is 14.1. The molecule has 1 aromatic rings. The van der Waals surface area contributed by atoms with Crippen molar-refractivity contribution < 1.29 is 14.3 Å². The molecule has 1 fully saturated rings. The van der Waals surface area contributed by atoms with Crippen molar-refractivity contribution in [2.45, 2.75) is 26.4 Å². The van der Waals surface area contributed by atoms with E-state index in [4.69, 9.17) is 4.42 Å². The van der Waals surface area contributed by atoms with Gasteiger partial charge >= 0.3 is 0 Å². The fourth-order valence-electron chi connectivity index (χ4n) is 2.39. The molecule has 5 nitrogen and oxygen atoms in total. The number of amides is 1. The fourth-order valence-corrected chi connectivity index (χ4v) is 2.39.